The number of nitrogens with two attached hydrogens (primary N) is 1. The summed E-state index contributed by atoms with van der Waals surface area (Å²) < 4.78 is 0. The summed E-state index contributed by atoms with van der Waals surface area (Å²) in [4.78, 5) is 5.05. The van der Waals surface area contributed by atoms with Crippen LogP contribution in [0.25, 0.3) is 0 Å². The van der Waals surface area contributed by atoms with Gasteiger partial charge in [0.1, 0.15) is 0 Å². The lowest BCUT2D eigenvalue weighted by Crippen LogP contribution is -2.29. The molecule has 2 aromatic rings. The maximum Gasteiger partial charge on any atom is 0.180 e. The van der Waals surface area contributed by atoms with Gasteiger partial charge >= 0.3 is 0 Å². The van der Waals surface area contributed by atoms with Crippen molar-refractivity contribution >= 4 is 28.1 Å². The fourth-order valence-corrected chi connectivity index (χ4v) is 2.82. The molecule has 1 heterocycles. The molecule has 1 aromatic carbocycles. The van der Waals surface area contributed by atoms with E-state index in [4.69, 9.17) is 17.3 Å². The Labute approximate surface area is 121 Å². The number of nitrogens with zero attached hydrogens (tertiary/aromatic N) is 1. The highest BCUT2D eigenvalue weighted by atomic mass is 35.5. The van der Waals surface area contributed by atoms with Gasteiger partial charge < -0.3 is 16.2 Å². The molecule has 0 amide bonds. The third-order valence-corrected chi connectivity index (χ3v) is 3.90. The molecule has 0 bridgehead atoms. The number of rotatable bonds is 5. The zero-order valence-electron chi connectivity index (χ0n) is 10.5. The summed E-state index contributed by atoms with van der Waals surface area (Å²) >= 11 is 7.66. The minimum atomic E-state index is -0.435. The van der Waals surface area contributed by atoms with Crippen molar-refractivity contribution in [3.63, 3.8) is 0 Å². The van der Waals surface area contributed by atoms with Crippen molar-refractivity contribution in [2.24, 2.45) is 0 Å². The van der Waals surface area contributed by atoms with Crippen molar-refractivity contribution in [3.8, 4) is 0 Å². The second-order valence-corrected chi connectivity index (χ2v) is 5.81. The predicted octanol–water partition coefficient (Wildman–Crippen LogP) is 2.44. The van der Waals surface area contributed by atoms with Crippen LogP contribution in [0, 0.1) is 0 Å². The molecule has 0 aliphatic heterocycles. The van der Waals surface area contributed by atoms with Gasteiger partial charge in [0.2, 0.25) is 0 Å². The van der Waals surface area contributed by atoms with Crippen LogP contribution in [0.15, 0.2) is 30.5 Å². The summed E-state index contributed by atoms with van der Waals surface area (Å²) in [6.07, 6.45) is 1.30. The number of nitrogen functional groups attached to an aromatic ring is 1. The van der Waals surface area contributed by atoms with E-state index in [2.05, 4.69) is 10.3 Å². The Bertz CT molecular complexity index is 544. The predicted molar refractivity (Wildman–Crippen MR) is 79.5 cm³/mol. The van der Waals surface area contributed by atoms with Gasteiger partial charge in [0.05, 0.1) is 12.1 Å². The van der Waals surface area contributed by atoms with Gasteiger partial charge in [0, 0.05) is 22.6 Å². The van der Waals surface area contributed by atoms with Crippen molar-refractivity contribution in [1.29, 1.82) is 0 Å². The van der Waals surface area contributed by atoms with Gasteiger partial charge in [-0.3, -0.25) is 0 Å². The normalized spacial score (nSPS) is 14.3. The second-order valence-electron chi connectivity index (χ2n) is 4.31. The van der Waals surface area contributed by atoms with Crippen LogP contribution < -0.4 is 11.1 Å². The van der Waals surface area contributed by atoms with Crippen molar-refractivity contribution in [3.05, 3.63) is 45.9 Å². The molecule has 4 N–H and O–H groups in total. The zero-order valence-corrected chi connectivity index (χ0v) is 12.1. The monoisotopic (exact) mass is 297 g/mol. The quantitative estimate of drug-likeness (QED) is 0.793. The standard InChI is InChI=1S/C13H16ClN3OS/c1-8(18)6-16-12(11-7-17-13(15)19-11)9-4-2-3-5-10(9)14/h2-5,7-8,12,16,18H,6H2,1H3,(H2,15,17)/t8-,12?/m1/s1. The van der Waals surface area contributed by atoms with Crippen LogP contribution in [0.4, 0.5) is 5.13 Å². The van der Waals surface area contributed by atoms with E-state index in [0.29, 0.717) is 16.7 Å². The molecule has 1 aromatic heterocycles. The average Bonchev–Trinajstić information content (AvgIpc) is 2.78. The molecule has 0 fully saturated rings. The van der Waals surface area contributed by atoms with Crippen LogP contribution in [0.2, 0.25) is 5.02 Å². The van der Waals surface area contributed by atoms with Gasteiger partial charge in [0.15, 0.2) is 5.13 Å². The fraction of sp³-hybridized carbons (Fsp3) is 0.308. The van der Waals surface area contributed by atoms with Gasteiger partial charge in [-0.25, -0.2) is 4.98 Å². The SMILES string of the molecule is C[C@@H](O)CNC(c1cnc(N)s1)c1ccccc1Cl. The van der Waals surface area contributed by atoms with Crippen molar-refractivity contribution < 1.29 is 5.11 Å². The van der Waals surface area contributed by atoms with Crippen LogP contribution >= 0.6 is 22.9 Å². The summed E-state index contributed by atoms with van der Waals surface area (Å²) in [6.45, 7) is 2.20. The van der Waals surface area contributed by atoms with Crippen LogP contribution in [0.3, 0.4) is 0 Å². The molecule has 0 radical (unpaired) electrons. The molecule has 102 valence electrons. The topological polar surface area (TPSA) is 71.2 Å². The Morgan fingerprint density at radius 3 is 2.79 bits per heavy atom. The summed E-state index contributed by atoms with van der Waals surface area (Å²) in [7, 11) is 0. The van der Waals surface area contributed by atoms with E-state index >= 15 is 0 Å². The lowest BCUT2D eigenvalue weighted by Gasteiger charge is -2.19. The highest BCUT2D eigenvalue weighted by Crippen LogP contribution is 2.31. The maximum absolute atomic E-state index is 9.44. The number of aliphatic hydroxyl groups is 1. The number of benzene rings is 1. The number of anilines is 1. The number of halogens is 1. The lowest BCUT2D eigenvalue weighted by atomic mass is 10.1. The summed E-state index contributed by atoms with van der Waals surface area (Å²) in [5.74, 6) is 0. The number of aromatic nitrogens is 1. The Hall–Kier alpha value is -1.14. The second kappa shape index (κ2) is 6.34. The Morgan fingerprint density at radius 2 is 2.21 bits per heavy atom. The molecule has 6 heteroatoms. The first-order chi connectivity index (χ1) is 9.08. The third kappa shape index (κ3) is 3.67. The average molecular weight is 298 g/mol. The molecule has 0 saturated heterocycles. The minimum absolute atomic E-state index is 0.113. The molecule has 0 saturated carbocycles. The summed E-state index contributed by atoms with van der Waals surface area (Å²) in [6, 6.07) is 7.51. The van der Waals surface area contributed by atoms with E-state index in [-0.39, 0.29) is 6.04 Å². The van der Waals surface area contributed by atoms with Gasteiger partial charge in [0.25, 0.3) is 0 Å². The molecule has 19 heavy (non-hydrogen) atoms. The molecule has 1 unspecified atom stereocenters. The van der Waals surface area contributed by atoms with Crippen molar-refractivity contribution in [1.82, 2.24) is 10.3 Å². The molecule has 4 nitrogen and oxygen atoms in total. The summed E-state index contributed by atoms with van der Waals surface area (Å²) in [5, 5.41) is 13.9. The van der Waals surface area contributed by atoms with Crippen LogP contribution in [0.1, 0.15) is 23.4 Å². The molecular formula is C13H16ClN3OS. The summed E-state index contributed by atoms with van der Waals surface area (Å²) in [5.41, 5.74) is 6.64. The first-order valence-electron chi connectivity index (χ1n) is 5.95. The molecule has 2 rings (SSSR count). The zero-order chi connectivity index (χ0) is 13.8. The first kappa shape index (κ1) is 14.3. The maximum atomic E-state index is 9.44. The van der Waals surface area contributed by atoms with Gasteiger partial charge in [-0.05, 0) is 18.6 Å². The number of nitrogens with one attached hydrogen (secondary N) is 1. The van der Waals surface area contributed by atoms with E-state index in [9.17, 15) is 5.11 Å². The van der Waals surface area contributed by atoms with E-state index in [1.165, 1.54) is 11.3 Å². The molecule has 0 spiro atoms. The van der Waals surface area contributed by atoms with Crippen LogP contribution in [0.5, 0.6) is 0 Å². The van der Waals surface area contributed by atoms with E-state index < -0.39 is 6.10 Å². The Kier molecular flexibility index (Phi) is 4.76. The van der Waals surface area contributed by atoms with Crippen LogP contribution in [-0.2, 0) is 0 Å². The largest absolute Gasteiger partial charge is 0.392 e. The smallest absolute Gasteiger partial charge is 0.180 e. The Balaban J connectivity index is 2.31. The van der Waals surface area contributed by atoms with E-state index in [1.54, 1.807) is 13.1 Å². The van der Waals surface area contributed by atoms with Gasteiger partial charge in [-0.2, -0.15) is 0 Å². The first-order valence-corrected chi connectivity index (χ1v) is 7.14. The molecular weight excluding hydrogens is 282 g/mol. The molecule has 2 atom stereocenters. The highest BCUT2D eigenvalue weighted by Gasteiger charge is 2.19. The number of thiazole rings is 1. The van der Waals surface area contributed by atoms with E-state index in [1.807, 2.05) is 24.3 Å². The van der Waals surface area contributed by atoms with E-state index in [0.717, 1.165) is 10.4 Å². The fourth-order valence-electron chi connectivity index (χ4n) is 1.80. The number of aliphatic hydroxyl groups excluding tert-OH is 1. The van der Waals surface area contributed by atoms with Crippen molar-refractivity contribution in [2.75, 3.05) is 12.3 Å². The van der Waals surface area contributed by atoms with Crippen LogP contribution in [-0.4, -0.2) is 22.7 Å². The number of hydrogen-bond acceptors (Lipinski definition) is 5. The number of hydrogen-bond donors (Lipinski definition) is 3. The highest BCUT2D eigenvalue weighted by molar-refractivity contribution is 7.15. The third-order valence-electron chi connectivity index (χ3n) is 2.66. The van der Waals surface area contributed by atoms with Crippen molar-refractivity contribution in [2.45, 2.75) is 19.1 Å². The molecule has 0 aliphatic rings. The molecule has 0 aliphatic carbocycles. The van der Waals surface area contributed by atoms with Gasteiger partial charge in [-0.15, -0.1) is 11.3 Å². The van der Waals surface area contributed by atoms with Gasteiger partial charge in [-0.1, -0.05) is 29.8 Å². The minimum Gasteiger partial charge on any atom is -0.392 e. The Morgan fingerprint density at radius 1 is 1.47 bits per heavy atom. The lowest BCUT2D eigenvalue weighted by molar-refractivity contribution is 0.188.